The molecule has 8 heteroatoms. The van der Waals surface area contributed by atoms with Gasteiger partial charge in [-0.3, -0.25) is 4.79 Å². The lowest BCUT2D eigenvalue weighted by Gasteiger charge is -2.29. The number of hydrogen-bond donors (Lipinski definition) is 2. The third-order valence-electron chi connectivity index (χ3n) is 4.43. The highest BCUT2D eigenvalue weighted by atomic mass is 32.2. The summed E-state index contributed by atoms with van der Waals surface area (Å²) in [6, 6.07) is 11.3. The molecule has 26 heavy (non-hydrogen) atoms. The molecule has 2 aromatic rings. The van der Waals surface area contributed by atoms with Gasteiger partial charge >= 0.3 is 0 Å². The molecule has 2 aromatic carbocycles. The van der Waals surface area contributed by atoms with Gasteiger partial charge in [-0.25, -0.2) is 12.8 Å². The fourth-order valence-electron chi connectivity index (χ4n) is 2.77. The highest BCUT2D eigenvalue weighted by Gasteiger charge is 2.29. The molecule has 138 valence electrons. The smallest absolute Gasteiger partial charge is 0.255 e. The maximum atomic E-state index is 12.9. The van der Waals surface area contributed by atoms with Crippen LogP contribution in [0.15, 0.2) is 53.4 Å². The Bertz CT molecular complexity index is 875. The first-order valence-electron chi connectivity index (χ1n) is 8.35. The Balaban J connectivity index is 1.70. The number of quaternary nitrogens is 1. The molecular weight excluding hydrogens is 357 g/mol. The van der Waals surface area contributed by atoms with Crippen LogP contribution in [0.1, 0.15) is 10.4 Å². The number of rotatable bonds is 4. The van der Waals surface area contributed by atoms with Crippen LogP contribution in [0.3, 0.4) is 0 Å². The predicted molar refractivity (Wildman–Crippen MR) is 96.2 cm³/mol. The number of carbonyl (C=O) groups excluding carboxylic acids is 1. The van der Waals surface area contributed by atoms with E-state index in [1.165, 1.54) is 45.6 Å². The van der Waals surface area contributed by atoms with Crippen molar-refractivity contribution < 1.29 is 22.5 Å². The number of nitrogens with one attached hydrogen (secondary N) is 2. The number of sulfonamides is 1. The van der Waals surface area contributed by atoms with E-state index >= 15 is 0 Å². The molecule has 0 aromatic heterocycles. The van der Waals surface area contributed by atoms with E-state index < -0.39 is 15.8 Å². The van der Waals surface area contributed by atoms with Crippen LogP contribution in [-0.4, -0.2) is 51.9 Å². The van der Waals surface area contributed by atoms with Crippen molar-refractivity contribution in [2.45, 2.75) is 4.90 Å². The van der Waals surface area contributed by atoms with Gasteiger partial charge < -0.3 is 10.2 Å². The minimum Gasteiger partial charge on any atom is -0.335 e. The molecule has 1 fully saturated rings. The minimum atomic E-state index is -3.52. The maximum absolute atomic E-state index is 12.9. The Morgan fingerprint density at radius 3 is 2.19 bits per heavy atom. The molecule has 0 saturated carbocycles. The monoisotopic (exact) mass is 378 g/mol. The van der Waals surface area contributed by atoms with Crippen molar-refractivity contribution in [3.63, 3.8) is 0 Å². The Morgan fingerprint density at radius 2 is 1.62 bits per heavy atom. The number of benzene rings is 2. The lowest BCUT2D eigenvalue weighted by molar-refractivity contribution is -0.883. The third-order valence-corrected chi connectivity index (χ3v) is 6.35. The van der Waals surface area contributed by atoms with Crippen molar-refractivity contribution in [2.75, 3.05) is 38.5 Å². The van der Waals surface area contributed by atoms with Crippen LogP contribution in [0, 0.1) is 5.82 Å². The van der Waals surface area contributed by atoms with Crippen molar-refractivity contribution in [2.24, 2.45) is 0 Å². The number of nitrogens with zero attached hydrogens (tertiary/aromatic N) is 1. The van der Waals surface area contributed by atoms with E-state index in [4.69, 9.17) is 0 Å². The molecule has 2 N–H and O–H groups in total. The Morgan fingerprint density at radius 1 is 1.04 bits per heavy atom. The quantitative estimate of drug-likeness (QED) is 0.819. The number of hydrogen-bond acceptors (Lipinski definition) is 3. The summed E-state index contributed by atoms with van der Waals surface area (Å²) in [7, 11) is -1.48. The Kier molecular flexibility index (Phi) is 5.36. The molecule has 1 saturated heterocycles. The number of amides is 1. The summed E-state index contributed by atoms with van der Waals surface area (Å²) in [5.74, 6) is -0.802. The van der Waals surface area contributed by atoms with Gasteiger partial charge in [-0.1, -0.05) is 0 Å². The van der Waals surface area contributed by atoms with Crippen LogP contribution in [0.5, 0.6) is 0 Å². The number of anilines is 1. The predicted octanol–water partition coefficient (Wildman–Crippen LogP) is 0.597. The second kappa shape index (κ2) is 7.53. The van der Waals surface area contributed by atoms with Crippen LogP contribution in [0.4, 0.5) is 10.1 Å². The first-order chi connectivity index (χ1) is 12.4. The van der Waals surface area contributed by atoms with Crippen LogP contribution < -0.4 is 10.2 Å². The molecule has 0 spiro atoms. The summed E-state index contributed by atoms with van der Waals surface area (Å²) in [6.45, 7) is 2.56. The SMILES string of the molecule is C[NH+]1CCN(S(=O)(=O)c2ccc(NC(=O)c3ccc(F)cc3)cc2)CC1. The second-order valence-corrected chi connectivity index (χ2v) is 8.28. The summed E-state index contributed by atoms with van der Waals surface area (Å²) in [5.41, 5.74) is 0.795. The largest absolute Gasteiger partial charge is 0.335 e. The van der Waals surface area contributed by atoms with Gasteiger partial charge in [-0.2, -0.15) is 4.31 Å². The van der Waals surface area contributed by atoms with E-state index in [1.807, 2.05) is 7.05 Å². The summed E-state index contributed by atoms with van der Waals surface area (Å²) in [4.78, 5) is 13.6. The number of likely N-dealkylation sites (N-methyl/N-ethyl adjacent to an activating group) is 1. The normalized spacial score (nSPS) is 16.4. The third kappa shape index (κ3) is 4.09. The average Bonchev–Trinajstić information content (AvgIpc) is 2.63. The van der Waals surface area contributed by atoms with Gasteiger partial charge in [0.15, 0.2) is 0 Å². The van der Waals surface area contributed by atoms with Crippen molar-refractivity contribution in [3.05, 3.63) is 59.9 Å². The zero-order chi connectivity index (χ0) is 18.7. The number of carbonyl (C=O) groups is 1. The molecular formula is C18H21FN3O3S+. The molecule has 1 aliphatic rings. The van der Waals surface area contributed by atoms with E-state index in [2.05, 4.69) is 5.32 Å². The van der Waals surface area contributed by atoms with Gasteiger partial charge in [-0.05, 0) is 48.5 Å². The van der Waals surface area contributed by atoms with Crippen LogP contribution in [0.25, 0.3) is 0 Å². The topological polar surface area (TPSA) is 70.9 Å². The van der Waals surface area contributed by atoms with E-state index in [0.29, 0.717) is 24.3 Å². The van der Waals surface area contributed by atoms with Crippen molar-refractivity contribution >= 4 is 21.6 Å². The summed E-state index contributed by atoms with van der Waals surface area (Å²) < 4.78 is 39.8. The van der Waals surface area contributed by atoms with E-state index in [-0.39, 0.29) is 10.8 Å². The summed E-state index contributed by atoms with van der Waals surface area (Å²) in [6.07, 6.45) is 0. The van der Waals surface area contributed by atoms with Gasteiger partial charge in [0, 0.05) is 11.3 Å². The Labute approximate surface area is 152 Å². The molecule has 0 unspecified atom stereocenters. The summed E-state index contributed by atoms with van der Waals surface area (Å²) >= 11 is 0. The minimum absolute atomic E-state index is 0.205. The van der Waals surface area contributed by atoms with Gasteiger partial charge in [0.1, 0.15) is 5.82 Å². The van der Waals surface area contributed by atoms with Crippen molar-refractivity contribution in [1.29, 1.82) is 0 Å². The van der Waals surface area contributed by atoms with Gasteiger partial charge in [0.05, 0.1) is 38.1 Å². The van der Waals surface area contributed by atoms with E-state index in [1.54, 1.807) is 12.1 Å². The average molecular weight is 378 g/mol. The van der Waals surface area contributed by atoms with Crippen molar-refractivity contribution in [3.8, 4) is 0 Å². The number of piperazine rings is 1. The van der Waals surface area contributed by atoms with Crippen LogP contribution >= 0.6 is 0 Å². The zero-order valence-corrected chi connectivity index (χ0v) is 15.2. The van der Waals surface area contributed by atoms with Gasteiger partial charge in [-0.15, -0.1) is 0 Å². The Hall–Kier alpha value is -2.29. The lowest BCUT2D eigenvalue weighted by atomic mass is 10.2. The zero-order valence-electron chi connectivity index (χ0n) is 14.4. The second-order valence-electron chi connectivity index (χ2n) is 6.35. The van der Waals surface area contributed by atoms with Gasteiger partial charge in [0.25, 0.3) is 5.91 Å². The van der Waals surface area contributed by atoms with Gasteiger partial charge in [0.2, 0.25) is 10.0 Å². The van der Waals surface area contributed by atoms with E-state index in [0.717, 1.165) is 13.1 Å². The van der Waals surface area contributed by atoms with Crippen LogP contribution in [0.2, 0.25) is 0 Å². The standard InChI is InChI=1S/C18H20FN3O3S/c1-21-10-12-22(13-11-21)26(24,25)17-8-6-16(7-9-17)20-18(23)14-2-4-15(19)5-3-14/h2-9H,10-13H2,1H3,(H,20,23)/p+1. The highest BCUT2D eigenvalue weighted by molar-refractivity contribution is 7.89. The fourth-order valence-corrected chi connectivity index (χ4v) is 4.21. The maximum Gasteiger partial charge on any atom is 0.255 e. The fraction of sp³-hybridized carbons (Fsp3) is 0.278. The van der Waals surface area contributed by atoms with Crippen molar-refractivity contribution in [1.82, 2.24) is 4.31 Å². The molecule has 0 radical (unpaired) electrons. The molecule has 3 rings (SSSR count). The molecule has 1 amide bonds. The molecule has 0 aliphatic carbocycles. The lowest BCUT2D eigenvalue weighted by Crippen LogP contribution is -3.12. The number of halogens is 1. The van der Waals surface area contributed by atoms with E-state index in [9.17, 15) is 17.6 Å². The first-order valence-corrected chi connectivity index (χ1v) is 9.79. The molecule has 0 atom stereocenters. The molecule has 0 bridgehead atoms. The molecule has 1 aliphatic heterocycles. The summed E-state index contributed by atoms with van der Waals surface area (Å²) in [5, 5.41) is 2.67. The van der Waals surface area contributed by atoms with Crippen LogP contribution in [-0.2, 0) is 10.0 Å². The molecule has 1 heterocycles. The highest BCUT2D eigenvalue weighted by Crippen LogP contribution is 2.19. The first kappa shape index (κ1) is 18.5. The molecule has 6 nitrogen and oxygen atoms in total.